The Morgan fingerprint density at radius 1 is 1.09 bits per heavy atom. The number of ether oxygens (including phenoxy) is 2. The summed E-state index contributed by atoms with van der Waals surface area (Å²) in [5.74, 6) is -0.428. The fraction of sp³-hybridized carbons (Fsp3) is 0.125. The third-order valence-corrected chi connectivity index (χ3v) is 3.05. The van der Waals surface area contributed by atoms with E-state index < -0.39 is 5.97 Å². The molecule has 114 valence electrons. The Balaban J connectivity index is 2.01. The molecular weight excluding hydrogens is 306 g/mol. The van der Waals surface area contributed by atoms with Crippen LogP contribution >= 0.6 is 11.6 Å². The predicted molar refractivity (Wildman–Crippen MR) is 83.4 cm³/mol. The number of halogens is 1. The van der Waals surface area contributed by atoms with Crippen molar-refractivity contribution in [2.24, 2.45) is 0 Å². The minimum absolute atomic E-state index is 0.120. The molecular formula is C16H14ClNO4. The second kappa shape index (κ2) is 7.59. The van der Waals surface area contributed by atoms with Crippen LogP contribution in [0.5, 0.6) is 5.75 Å². The highest BCUT2D eigenvalue weighted by Gasteiger charge is 2.10. The molecule has 0 saturated heterocycles. The number of anilines is 1. The van der Waals surface area contributed by atoms with E-state index in [0.29, 0.717) is 22.0 Å². The highest BCUT2D eigenvalue weighted by molar-refractivity contribution is 6.34. The van der Waals surface area contributed by atoms with E-state index in [2.05, 4.69) is 10.1 Å². The Labute approximate surface area is 132 Å². The summed E-state index contributed by atoms with van der Waals surface area (Å²) in [5, 5.41) is 3.10. The number of hydrogen-bond donors (Lipinski definition) is 1. The maximum absolute atomic E-state index is 12.1. The summed E-state index contributed by atoms with van der Waals surface area (Å²) in [5.41, 5.74) is 0.955. The third kappa shape index (κ3) is 4.31. The Morgan fingerprint density at radius 3 is 2.41 bits per heavy atom. The zero-order valence-electron chi connectivity index (χ0n) is 11.8. The van der Waals surface area contributed by atoms with Gasteiger partial charge in [0, 0.05) is 12.8 Å². The molecule has 22 heavy (non-hydrogen) atoms. The lowest BCUT2D eigenvalue weighted by Gasteiger charge is -2.08. The summed E-state index contributed by atoms with van der Waals surface area (Å²) < 4.78 is 9.69. The highest BCUT2D eigenvalue weighted by Crippen LogP contribution is 2.19. The van der Waals surface area contributed by atoms with Crippen molar-refractivity contribution in [2.45, 2.75) is 0 Å². The molecule has 2 rings (SSSR count). The zero-order chi connectivity index (χ0) is 15.9. The van der Waals surface area contributed by atoms with E-state index in [0.717, 1.165) is 0 Å². The van der Waals surface area contributed by atoms with Crippen LogP contribution in [0.25, 0.3) is 0 Å². The Bertz CT molecular complexity index is 670. The van der Waals surface area contributed by atoms with Gasteiger partial charge in [0.05, 0.1) is 10.6 Å². The molecule has 0 aliphatic heterocycles. The fourth-order valence-electron chi connectivity index (χ4n) is 1.73. The minimum Gasteiger partial charge on any atom is -0.425 e. The first-order chi connectivity index (χ1) is 10.6. The van der Waals surface area contributed by atoms with Crippen LogP contribution in [-0.4, -0.2) is 25.6 Å². The third-order valence-electron chi connectivity index (χ3n) is 2.72. The SMILES string of the molecule is COCC(=O)Oc1ccc(NC(=O)c2ccccc2Cl)cc1. The van der Waals surface area contributed by atoms with Gasteiger partial charge in [0.1, 0.15) is 12.4 Å². The molecule has 0 heterocycles. The molecule has 1 N–H and O–H groups in total. The maximum Gasteiger partial charge on any atom is 0.337 e. The van der Waals surface area contributed by atoms with Crippen molar-refractivity contribution in [2.75, 3.05) is 19.0 Å². The summed E-state index contributed by atoms with van der Waals surface area (Å²) >= 11 is 5.97. The van der Waals surface area contributed by atoms with Crippen LogP contribution in [0.2, 0.25) is 5.02 Å². The quantitative estimate of drug-likeness (QED) is 0.679. The molecule has 2 aromatic rings. The summed E-state index contributed by atoms with van der Waals surface area (Å²) in [6.07, 6.45) is 0. The van der Waals surface area contributed by atoms with E-state index in [9.17, 15) is 9.59 Å². The van der Waals surface area contributed by atoms with Gasteiger partial charge in [-0.3, -0.25) is 4.79 Å². The van der Waals surface area contributed by atoms with Gasteiger partial charge in [-0.05, 0) is 36.4 Å². The Hall–Kier alpha value is -2.37. The normalized spacial score (nSPS) is 10.1. The van der Waals surface area contributed by atoms with Crippen molar-refractivity contribution in [3.63, 3.8) is 0 Å². The first-order valence-electron chi connectivity index (χ1n) is 6.45. The summed E-state index contributed by atoms with van der Waals surface area (Å²) in [7, 11) is 1.41. The number of nitrogens with one attached hydrogen (secondary N) is 1. The zero-order valence-corrected chi connectivity index (χ0v) is 12.6. The van der Waals surface area contributed by atoms with Crippen molar-refractivity contribution in [3.8, 4) is 5.75 Å². The largest absolute Gasteiger partial charge is 0.425 e. The summed E-state index contributed by atoms with van der Waals surface area (Å²) in [6, 6.07) is 13.2. The molecule has 0 aliphatic rings. The van der Waals surface area contributed by atoms with E-state index >= 15 is 0 Å². The average Bonchev–Trinajstić information content (AvgIpc) is 2.50. The van der Waals surface area contributed by atoms with E-state index in [-0.39, 0.29) is 12.5 Å². The molecule has 0 aliphatic carbocycles. The predicted octanol–water partition coefficient (Wildman–Crippen LogP) is 3.14. The monoisotopic (exact) mass is 319 g/mol. The number of hydrogen-bond acceptors (Lipinski definition) is 4. The molecule has 0 unspecified atom stereocenters. The highest BCUT2D eigenvalue weighted by atomic mass is 35.5. The van der Waals surface area contributed by atoms with Crippen LogP contribution in [0.4, 0.5) is 5.69 Å². The maximum atomic E-state index is 12.1. The van der Waals surface area contributed by atoms with Gasteiger partial charge in [-0.15, -0.1) is 0 Å². The minimum atomic E-state index is -0.490. The number of esters is 1. The van der Waals surface area contributed by atoms with Gasteiger partial charge in [-0.2, -0.15) is 0 Å². The molecule has 0 atom stereocenters. The number of carbonyl (C=O) groups is 2. The second-order valence-corrected chi connectivity index (χ2v) is 4.77. The Kier molecular flexibility index (Phi) is 5.52. The molecule has 0 spiro atoms. The van der Waals surface area contributed by atoms with Gasteiger partial charge in [-0.1, -0.05) is 23.7 Å². The first kappa shape index (κ1) is 16.0. The number of amides is 1. The van der Waals surface area contributed by atoms with Crippen LogP contribution < -0.4 is 10.1 Å². The van der Waals surface area contributed by atoms with Crippen molar-refractivity contribution < 1.29 is 19.1 Å². The van der Waals surface area contributed by atoms with E-state index in [4.69, 9.17) is 16.3 Å². The number of carbonyl (C=O) groups excluding carboxylic acids is 2. The van der Waals surface area contributed by atoms with Gasteiger partial charge in [0.15, 0.2) is 0 Å². The van der Waals surface area contributed by atoms with Crippen LogP contribution in [0.15, 0.2) is 48.5 Å². The van der Waals surface area contributed by atoms with Crippen LogP contribution in [0.3, 0.4) is 0 Å². The molecule has 0 aromatic heterocycles. The number of benzene rings is 2. The molecule has 0 fully saturated rings. The molecule has 0 bridgehead atoms. The average molecular weight is 320 g/mol. The second-order valence-electron chi connectivity index (χ2n) is 4.37. The van der Waals surface area contributed by atoms with Crippen molar-refractivity contribution in [1.29, 1.82) is 0 Å². The van der Waals surface area contributed by atoms with Gasteiger partial charge < -0.3 is 14.8 Å². The van der Waals surface area contributed by atoms with E-state index in [1.54, 1.807) is 48.5 Å². The van der Waals surface area contributed by atoms with Gasteiger partial charge in [0.25, 0.3) is 5.91 Å². The number of rotatable bonds is 5. The molecule has 0 radical (unpaired) electrons. The van der Waals surface area contributed by atoms with Crippen molar-refractivity contribution in [3.05, 3.63) is 59.1 Å². The number of methoxy groups -OCH3 is 1. The van der Waals surface area contributed by atoms with Gasteiger partial charge in [-0.25, -0.2) is 4.79 Å². The smallest absolute Gasteiger partial charge is 0.337 e. The van der Waals surface area contributed by atoms with Crippen LogP contribution in [-0.2, 0) is 9.53 Å². The van der Waals surface area contributed by atoms with E-state index in [1.807, 2.05) is 0 Å². The van der Waals surface area contributed by atoms with Gasteiger partial charge in [0.2, 0.25) is 0 Å². The molecule has 1 amide bonds. The fourth-order valence-corrected chi connectivity index (χ4v) is 1.95. The van der Waals surface area contributed by atoms with Crippen LogP contribution in [0, 0.1) is 0 Å². The Morgan fingerprint density at radius 2 is 1.77 bits per heavy atom. The van der Waals surface area contributed by atoms with Crippen LogP contribution in [0.1, 0.15) is 10.4 Å². The van der Waals surface area contributed by atoms with Crippen molar-refractivity contribution >= 4 is 29.2 Å². The molecule has 0 saturated carbocycles. The molecule has 6 heteroatoms. The summed E-state index contributed by atoms with van der Waals surface area (Å²) in [6.45, 7) is -0.120. The lowest BCUT2D eigenvalue weighted by molar-refractivity contribution is -0.138. The van der Waals surface area contributed by atoms with Gasteiger partial charge >= 0.3 is 5.97 Å². The van der Waals surface area contributed by atoms with E-state index in [1.165, 1.54) is 7.11 Å². The first-order valence-corrected chi connectivity index (χ1v) is 6.83. The summed E-state index contributed by atoms with van der Waals surface area (Å²) in [4.78, 5) is 23.4. The standard InChI is InChI=1S/C16H14ClNO4/c1-21-10-15(19)22-12-8-6-11(7-9-12)18-16(20)13-4-2-3-5-14(13)17/h2-9H,10H2,1H3,(H,18,20). The van der Waals surface area contributed by atoms with Crippen molar-refractivity contribution in [1.82, 2.24) is 0 Å². The topological polar surface area (TPSA) is 64.6 Å². The molecule has 5 nitrogen and oxygen atoms in total. The molecule has 2 aromatic carbocycles. The lowest BCUT2D eigenvalue weighted by Crippen LogP contribution is -2.14. The lowest BCUT2D eigenvalue weighted by atomic mass is 10.2.